The number of ether oxygens (including phenoxy) is 2. The fourth-order valence-corrected chi connectivity index (χ4v) is 4.36. The van der Waals surface area contributed by atoms with E-state index in [0.717, 1.165) is 25.0 Å². The highest BCUT2D eigenvalue weighted by molar-refractivity contribution is 5.94. The molecule has 1 aromatic carbocycles. The first-order valence-electron chi connectivity index (χ1n) is 9.47. The second-order valence-corrected chi connectivity index (χ2v) is 7.39. The van der Waals surface area contributed by atoms with Gasteiger partial charge in [-0.1, -0.05) is 12.1 Å². The Morgan fingerprint density at radius 2 is 2.04 bits per heavy atom. The number of rotatable bonds is 2. The zero-order valence-electron chi connectivity index (χ0n) is 15.8. The van der Waals surface area contributed by atoms with Gasteiger partial charge in [-0.05, 0) is 37.8 Å². The molecule has 7 nitrogen and oxygen atoms in total. The number of para-hydroxylation sites is 2. The molecular weight excluding hydrogens is 346 g/mol. The summed E-state index contributed by atoms with van der Waals surface area (Å²) in [6, 6.07) is 7.35. The van der Waals surface area contributed by atoms with Gasteiger partial charge in [0.1, 0.15) is 0 Å². The van der Waals surface area contributed by atoms with Gasteiger partial charge in [-0.15, -0.1) is 0 Å². The van der Waals surface area contributed by atoms with Crippen LogP contribution >= 0.6 is 0 Å². The molecule has 2 aliphatic heterocycles. The lowest BCUT2D eigenvalue weighted by atomic mass is 9.82. The van der Waals surface area contributed by atoms with Crippen LogP contribution in [0.2, 0.25) is 0 Å². The van der Waals surface area contributed by atoms with Crippen molar-refractivity contribution < 1.29 is 14.3 Å². The number of hydrogen-bond acceptors (Lipinski definition) is 5. The Hall–Kier alpha value is -2.25. The number of carbonyl (C=O) groups is 1. The highest BCUT2D eigenvalue weighted by atomic mass is 16.5. The van der Waals surface area contributed by atoms with E-state index < -0.39 is 0 Å². The van der Waals surface area contributed by atoms with Crippen LogP contribution in [0.25, 0.3) is 11.0 Å². The third kappa shape index (κ3) is 3.04. The number of amides is 1. The van der Waals surface area contributed by atoms with Crippen molar-refractivity contribution in [2.75, 3.05) is 26.8 Å². The van der Waals surface area contributed by atoms with Crippen molar-refractivity contribution in [3.63, 3.8) is 0 Å². The van der Waals surface area contributed by atoms with Crippen LogP contribution in [0.3, 0.4) is 0 Å². The predicted molar refractivity (Wildman–Crippen MR) is 101 cm³/mol. The number of hydrogen-bond donors (Lipinski definition) is 0. The number of piperidine rings is 1. The molecule has 2 aromatic rings. The Balaban J connectivity index is 1.57. The number of likely N-dealkylation sites (tertiary alicyclic amines) is 1. The van der Waals surface area contributed by atoms with Crippen molar-refractivity contribution in [3.8, 4) is 0 Å². The maximum absolute atomic E-state index is 13.0. The average molecular weight is 371 g/mol. The standard InChI is InChI=1S/C20H25N3O4/c1-22-15-7-4-3-6-14(15)21-17(18(22)24)19(25)23-11-9-20(10-12-23)16(26-2)8-5-13-27-20/h3-4,6-7,16H,5,8-13H2,1-2H3/t16-/m1/s1. The smallest absolute Gasteiger partial charge is 0.282 e. The SMILES string of the molecule is CO[C@@H]1CCCOC12CCN(C(=O)c1nc3ccccc3n(C)c1=O)CC2. The maximum Gasteiger partial charge on any atom is 0.282 e. The summed E-state index contributed by atoms with van der Waals surface area (Å²) in [7, 11) is 3.40. The number of methoxy groups -OCH3 is 1. The molecule has 7 heteroatoms. The average Bonchev–Trinajstić information content (AvgIpc) is 2.71. The van der Waals surface area contributed by atoms with Crippen molar-refractivity contribution >= 4 is 16.9 Å². The molecule has 4 rings (SSSR count). The van der Waals surface area contributed by atoms with Crippen LogP contribution in [0.15, 0.2) is 29.1 Å². The summed E-state index contributed by atoms with van der Waals surface area (Å²) in [5.74, 6) is -0.305. The van der Waals surface area contributed by atoms with Crippen molar-refractivity contribution in [2.24, 2.45) is 7.05 Å². The highest BCUT2D eigenvalue weighted by Crippen LogP contribution is 2.37. The van der Waals surface area contributed by atoms with E-state index in [9.17, 15) is 9.59 Å². The van der Waals surface area contributed by atoms with Gasteiger partial charge in [0.05, 0.1) is 22.7 Å². The zero-order valence-corrected chi connectivity index (χ0v) is 15.8. The number of aryl methyl sites for hydroxylation is 1. The fourth-order valence-electron chi connectivity index (χ4n) is 4.36. The van der Waals surface area contributed by atoms with Crippen LogP contribution in [-0.4, -0.2) is 58.9 Å². The van der Waals surface area contributed by atoms with E-state index in [1.807, 2.05) is 24.3 Å². The van der Waals surface area contributed by atoms with E-state index in [0.29, 0.717) is 31.4 Å². The van der Waals surface area contributed by atoms with Gasteiger partial charge in [0.2, 0.25) is 0 Å². The highest BCUT2D eigenvalue weighted by Gasteiger charge is 2.45. The third-order valence-electron chi connectivity index (χ3n) is 5.95. The molecule has 27 heavy (non-hydrogen) atoms. The van der Waals surface area contributed by atoms with E-state index in [1.165, 1.54) is 4.57 Å². The molecule has 0 aliphatic carbocycles. The lowest BCUT2D eigenvalue weighted by Crippen LogP contribution is -2.57. The van der Waals surface area contributed by atoms with Crippen LogP contribution < -0.4 is 5.56 Å². The van der Waals surface area contributed by atoms with E-state index in [2.05, 4.69) is 4.98 Å². The van der Waals surface area contributed by atoms with E-state index in [1.54, 1.807) is 19.1 Å². The van der Waals surface area contributed by atoms with Crippen LogP contribution in [0, 0.1) is 0 Å². The summed E-state index contributed by atoms with van der Waals surface area (Å²) < 4.78 is 13.2. The Bertz CT molecular complexity index is 915. The summed E-state index contributed by atoms with van der Waals surface area (Å²) in [6.07, 6.45) is 3.48. The number of nitrogens with zero attached hydrogens (tertiary/aromatic N) is 3. The van der Waals surface area contributed by atoms with Gasteiger partial charge in [-0.25, -0.2) is 4.98 Å². The Morgan fingerprint density at radius 3 is 2.78 bits per heavy atom. The number of aromatic nitrogens is 2. The first kappa shape index (κ1) is 18.1. The topological polar surface area (TPSA) is 73.7 Å². The monoisotopic (exact) mass is 371 g/mol. The van der Waals surface area contributed by atoms with Crippen molar-refractivity contribution in [3.05, 3.63) is 40.3 Å². The first-order chi connectivity index (χ1) is 13.1. The van der Waals surface area contributed by atoms with Gasteiger partial charge >= 0.3 is 0 Å². The molecule has 0 saturated carbocycles. The van der Waals surface area contributed by atoms with Crippen LogP contribution in [0.4, 0.5) is 0 Å². The minimum atomic E-state index is -0.359. The Morgan fingerprint density at radius 1 is 1.30 bits per heavy atom. The molecule has 1 aromatic heterocycles. The van der Waals surface area contributed by atoms with Gasteiger partial charge in [0, 0.05) is 33.9 Å². The molecule has 1 atom stereocenters. The fraction of sp³-hybridized carbons (Fsp3) is 0.550. The van der Waals surface area contributed by atoms with Crippen LogP contribution in [0.1, 0.15) is 36.2 Å². The predicted octanol–water partition coefficient (Wildman–Crippen LogP) is 1.73. The van der Waals surface area contributed by atoms with Gasteiger partial charge in [0.25, 0.3) is 11.5 Å². The molecule has 2 fully saturated rings. The number of benzene rings is 1. The lowest BCUT2D eigenvalue weighted by Gasteiger charge is -2.47. The number of fused-ring (bicyclic) bond motifs is 1. The molecule has 144 valence electrons. The molecule has 3 heterocycles. The molecule has 0 radical (unpaired) electrons. The second kappa shape index (κ2) is 7.05. The summed E-state index contributed by atoms with van der Waals surface area (Å²) in [6.45, 7) is 1.81. The van der Waals surface area contributed by atoms with E-state index in [-0.39, 0.29) is 28.9 Å². The second-order valence-electron chi connectivity index (χ2n) is 7.39. The van der Waals surface area contributed by atoms with Crippen molar-refractivity contribution in [1.82, 2.24) is 14.5 Å². The van der Waals surface area contributed by atoms with E-state index >= 15 is 0 Å². The largest absolute Gasteiger partial charge is 0.378 e. The minimum Gasteiger partial charge on any atom is -0.378 e. The molecule has 0 N–H and O–H groups in total. The maximum atomic E-state index is 13.0. The first-order valence-corrected chi connectivity index (χ1v) is 9.47. The number of carbonyl (C=O) groups excluding carboxylic acids is 1. The molecule has 0 bridgehead atoms. The molecular formula is C20H25N3O4. The van der Waals surface area contributed by atoms with Crippen molar-refractivity contribution in [2.45, 2.75) is 37.4 Å². The minimum absolute atomic E-state index is 0.0139. The normalized spacial score (nSPS) is 22.3. The summed E-state index contributed by atoms with van der Waals surface area (Å²) in [4.78, 5) is 31.8. The summed E-state index contributed by atoms with van der Waals surface area (Å²) in [5, 5.41) is 0. The van der Waals surface area contributed by atoms with Gasteiger partial charge in [-0.2, -0.15) is 0 Å². The zero-order chi connectivity index (χ0) is 19.0. The lowest BCUT2D eigenvalue weighted by molar-refractivity contribution is -0.183. The molecule has 0 unspecified atom stereocenters. The van der Waals surface area contributed by atoms with E-state index in [4.69, 9.17) is 9.47 Å². The van der Waals surface area contributed by atoms with Gasteiger partial charge in [-0.3, -0.25) is 9.59 Å². The third-order valence-corrected chi connectivity index (χ3v) is 5.95. The van der Waals surface area contributed by atoms with Crippen molar-refractivity contribution in [1.29, 1.82) is 0 Å². The quantitative estimate of drug-likeness (QED) is 0.804. The van der Waals surface area contributed by atoms with Gasteiger partial charge < -0.3 is 18.9 Å². The van der Waals surface area contributed by atoms with Crippen LogP contribution in [-0.2, 0) is 16.5 Å². The molecule has 2 aliphatic rings. The van der Waals surface area contributed by atoms with Gasteiger partial charge in [0.15, 0.2) is 5.69 Å². The van der Waals surface area contributed by atoms with Crippen LogP contribution in [0.5, 0.6) is 0 Å². The molecule has 1 amide bonds. The summed E-state index contributed by atoms with van der Waals surface area (Å²) >= 11 is 0. The summed E-state index contributed by atoms with van der Waals surface area (Å²) in [5.41, 5.74) is 0.676. The molecule has 1 spiro atoms. The molecule has 2 saturated heterocycles. The Labute approximate surface area is 157 Å². The Kier molecular flexibility index (Phi) is 4.74.